The number of carbonyl (C=O) groups excluding carboxylic acids is 1. The molecule has 5 heteroatoms. The molecule has 1 aliphatic carbocycles. The molecule has 35 heavy (non-hydrogen) atoms. The van der Waals surface area contributed by atoms with Crippen LogP contribution in [0.4, 0.5) is 11.4 Å². The van der Waals surface area contributed by atoms with Crippen molar-refractivity contribution in [2.75, 3.05) is 24.4 Å². The van der Waals surface area contributed by atoms with Crippen LogP contribution in [0, 0.1) is 6.92 Å². The Balaban J connectivity index is 1.57. The summed E-state index contributed by atoms with van der Waals surface area (Å²) in [5.41, 5.74) is 7.14. The van der Waals surface area contributed by atoms with Crippen molar-refractivity contribution in [3.63, 3.8) is 0 Å². The molecule has 1 aliphatic heterocycles. The van der Waals surface area contributed by atoms with Gasteiger partial charge in [-0.2, -0.15) is 0 Å². The molecule has 5 nitrogen and oxygen atoms in total. The number of ketones is 1. The lowest BCUT2D eigenvalue weighted by Gasteiger charge is -2.30. The van der Waals surface area contributed by atoms with Gasteiger partial charge in [-0.25, -0.2) is 0 Å². The third-order valence-electron chi connectivity index (χ3n) is 6.84. The molecule has 2 aliphatic rings. The van der Waals surface area contributed by atoms with Gasteiger partial charge in [-0.1, -0.05) is 55.0 Å². The van der Waals surface area contributed by atoms with Crippen molar-refractivity contribution in [3.8, 4) is 11.5 Å². The predicted octanol–water partition coefficient (Wildman–Crippen LogP) is 6.77. The van der Waals surface area contributed by atoms with Crippen LogP contribution in [0.3, 0.4) is 0 Å². The van der Waals surface area contributed by atoms with Gasteiger partial charge in [0.1, 0.15) is 0 Å². The normalized spacial score (nSPS) is 19.1. The number of Topliss-reactive ketones (excluding diaryl/α,β-unsaturated/α-hetero) is 1. The van der Waals surface area contributed by atoms with Gasteiger partial charge in [0.25, 0.3) is 0 Å². The van der Waals surface area contributed by atoms with Crippen molar-refractivity contribution < 1.29 is 14.3 Å². The zero-order chi connectivity index (χ0) is 24.4. The average molecular weight is 469 g/mol. The van der Waals surface area contributed by atoms with E-state index in [9.17, 15) is 4.79 Å². The summed E-state index contributed by atoms with van der Waals surface area (Å²) < 4.78 is 11.5. The molecule has 0 bridgehead atoms. The minimum absolute atomic E-state index is 0.152. The molecular formula is C30H32N2O3. The Bertz CT molecular complexity index is 1260. The molecule has 0 spiro atoms. The van der Waals surface area contributed by atoms with Crippen molar-refractivity contribution in [3.05, 3.63) is 94.7 Å². The van der Waals surface area contributed by atoms with Crippen LogP contribution in [0.25, 0.3) is 0 Å². The second-order valence-corrected chi connectivity index (χ2v) is 9.34. The van der Waals surface area contributed by atoms with E-state index in [1.165, 1.54) is 11.1 Å². The molecule has 3 aromatic rings. The number of methoxy groups -OCH3 is 1. The number of nitrogens with one attached hydrogen (secondary N) is 2. The second kappa shape index (κ2) is 9.87. The maximum absolute atomic E-state index is 13.7. The van der Waals surface area contributed by atoms with Crippen LogP contribution in [-0.4, -0.2) is 19.5 Å². The number of hydrogen-bond donors (Lipinski definition) is 2. The van der Waals surface area contributed by atoms with Gasteiger partial charge in [-0.3, -0.25) is 4.79 Å². The van der Waals surface area contributed by atoms with E-state index >= 15 is 0 Å². The summed E-state index contributed by atoms with van der Waals surface area (Å²) >= 11 is 0. The minimum atomic E-state index is -0.290. The maximum atomic E-state index is 13.7. The molecule has 0 saturated heterocycles. The van der Waals surface area contributed by atoms with Crippen molar-refractivity contribution in [2.45, 2.75) is 45.1 Å². The fraction of sp³-hybridized carbons (Fsp3) is 0.300. The molecule has 1 heterocycles. The number of allylic oxidation sites excluding steroid dienone is 1. The third kappa shape index (κ3) is 4.63. The Morgan fingerprint density at radius 2 is 1.66 bits per heavy atom. The molecule has 5 rings (SSSR count). The predicted molar refractivity (Wildman–Crippen MR) is 140 cm³/mol. The van der Waals surface area contributed by atoms with Crippen LogP contribution in [0.5, 0.6) is 11.5 Å². The van der Waals surface area contributed by atoms with Gasteiger partial charge in [0.15, 0.2) is 17.3 Å². The highest BCUT2D eigenvalue weighted by molar-refractivity contribution is 6.01. The fourth-order valence-corrected chi connectivity index (χ4v) is 5.01. The standard InChI is InChI=1S/C30H32N2O3/c1-4-15-35-27-14-13-21(18-28(27)34-3)30-29-25(31-23-7-5-6-8-24(23)32-30)16-22(17-26(29)33)20-11-9-19(2)10-12-20/h5-14,18,22,30-32H,4,15-17H2,1-3H3/t22-,30-/m1/s1. The van der Waals surface area contributed by atoms with E-state index in [1.807, 2.05) is 36.4 Å². The number of carbonyl (C=O) groups is 1. The van der Waals surface area contributed by atoms with Gasteiger partial charge in [0.05, 0.1) is 31.1 Å². The van der Waals surface area contributed by atoms with Gasteiger partial charge in [0, 0.05) is 17.7 Å². The quantitative estimate of drug-likeness (QED) is 0.418. The molecule has 0 aromatic heterocycles. The number of ether oxygens (including phenoxy) is 2. The molecule has 0 unspecified atom stereocenters. The summed E-state index contributed by atoms with van der Waals surface area (Å²) in [6.45, 7) is 4.79. The molecule has 0 fully saturated rings. The summed E-state index contributed by atoms with van der Waals surface area (Å²) in [6, 6.07) is 22.3. The lowest BCUT2D eigenvalue weighted by atomic mass is 9.78. The largest absolute Gasteiger partial charge is 0.493 e. The SMILES string of the molecule is CCCOc1ccc([C@H]2Nc3ccccc3NC3=C2C(=O)C[C@H](c2ccc(C)cc2)C3)cc1OC. The van der Waals surface area contributed by atoms with E-state index in [0.717, 1.165) is 41.1 Å². The van der Waals surface area contributed by atoms with Gasteiger partial charge in [-0.15, -0.1) is 0 Å². The monoisotopic (exact) mass is 468 g/mol. The second-order valence-electron chi connectivity index (χ2n) is 9.34. The van der Waals surface area contributed by atoms with Gasteiger partial charge < -0.3 is 20.1 Å². The average Bonchev–Trinajstić information content (AvgIpc) is 3.04. The molecule has 0 saturated carbocycles. The first-order valence-corrected chi connectivity index (χ1v) is 12.3. The lowest BCUT2D eigenvalue weighted by Crippen LogP contribution is -2.26. The number of hydrogen-bond acceptors (Lipinski definition) is 5. The van der Waals surface area contributed by atoms with Crippen LogP contribution < -0.4 is 20.1 Å². The fourth-order valence-electron chi connectivity index (χ4n) is 5.01. The molecule has 2 atom stereocenters. The maximum Gasteiger partial charge on any atom is 0.163 e. The molecule has 0 radical (unpaired) electrons. The van der Waals surface area contributed by atoms with Crippen molar-refractivity contribution in [1.29, 1.82) is 0 Å². The van der Waals surface area contributed by atoms with Crippen LogP contribution in [-0.2, 0) is 4.79 Å². The van der Waals surface area contributed by atoms with Crippen LogP contribution >= 0.6 is 0 Å². The Labute approximate surface area is 207 Å². The highest BCUT2D eigenvalue weighted by Crippen LogP contribution is 2.45. The summed E-state index contributed by atoms with van der Waals surface area (Å²) in [7, 11) is 1.65. The Morgan fingerprint density at radius 1 is 0.914 bits per heavy atom. The van der Waals surface area contributed by atoms with E-state index < -0.39 is 0 Å². The smallest absolute Gasteiger partial charge is 0.163 e. The van der Waals surface area contributed by atoms with E-state index in [1.54, 1.807) is 7.11 Å². The highest BCUT2D eigenvalue weighted by atomic mass is 16.5. The van der Waals surface area contributed by atoms with Gasteiger partial charge in [-0.05, 0) is 61.1 Å². The first kappa shape index (κ1) is 23.0. The van der Waals surface area contributed by atoms with Crippen LogP contribution in [0.15, 0.2) is 78.0 Å². The van der Waals surface area contributed by atoms with Crippen molar-refractivity contribution in [1.82, 2.24) is 0 Å². The van der Waals surface area contributed by atoms with Crippen molar-refractivity contribution >= 4 is 17.2 Å². The number of fused-ring (bicyclic) bond motifs is 1. The van der Waals surface area contributed by atoms with E-state index in [2.05, 4.69) is 54.8 Å². The summed E-state index contributed by atoms with van der Waals surface area (Å²) in [5, 5.41) is 7.25. The zero-order valence-corrected chi connectivity index (χ0v) is 20.6. The molecular weight excluding hydrogens is 436 g/mol. The van der Waals surface area contributed by atoms with E-state index in [0.29, 0.717) is 24.5 Å². The van der Waals surface area contributed by atoms with Crippen LogP contribution in [0.2, 0.25) is 0 Å². The lowest BCUT2D eigenvalue weighted by molar-refractivity contribution is -0.116. The summed E-state index contributed by atoms with van der Waals surface area (Å²) in [6.07, 6.45) is 2.20. The third-order valence-corrected chi connectivity index (χ3v) is 6.84. The Kier molecular flexibility index (Phi) is 6.49. The van der Waals surface area contributed by atoms with E-state index in [-0.39, 0.29) is 17.7 Å². The molecule has 3 aromatic carbocycles. The van der Waals surface area contributed by atoms with Gasteiger partial charge in [0.2, 0.25) is 0 Å². The number of aryl methyl sites for hydroxylation is 1. The summed E-state index contributed by atoms with van der Waals surface area (Å²) in [4.78, 5) is 13.7. The number of anilines is 2. The molecule has 0 amide bonds. The highest BCUT2D eigenvalue weighted by Gasteiger charge is 2.36. The minimum Gasteiger partial charge on any atom is -0.493 e. The summed E-state index contributed by atoms with van der Waals surface area (Å²) in [5.74, 6) is 1.71. The first-order valence-electron chi connectivity index (χ1n) is 12.3. The number of para-hydroxylation sites is 2. The van der Waals surface area contributed by atoms with Crippen LogP contribution in [0.1, 0.15) is 54.8 Å². The van der Waals surface area contributed by atoms with E-state index in [4.69, 9.17) is 9.47 Å². The Hall–Kier alpha value is -3.73. The number of rotatable bonds is 6. The van der Waals surface area contributed by atoms with Crippen molar-refractivity contribution in [2.24, 2.45) is 0 Å². The zero-order valence-electron chi connectivity index (χ0n) is 20.6. The number of benzene rings is 3. The molecule has 2 N–H and O–H groups in total. The Morgan fingerprint density at radius 3 is 2.40 bits per heavy atom. The molecule has 180 valence electrons. The topological polar surface area (TPSA) is 59.6 Å². The first-order chi connectivity index (χ1) is 17.1. The van der Waals surface area contributed by atoms with Gasteiger partial charge >= 0.3 is 0 Å².